The Morgan fingerprint density at radius 3 is 2.45 bits per heavy atom. The number of Topliss-reactive ketones (excluding diaryl/α,β-unsaturated/α-hetero) is 1. The van der Waals surface area contributed by atoms with Crippen molar-refractivity contribution in [2.75, 3.05) is 4.90 Å². The van der Waals surface area contributed by atoms with Crippen molar-refractivity contribution in [1.82, 2.24) is 9.55 Å². The third-order valence-corrected chi connectivity index (χ3v) is 4.76. The quantitative estimate of drug-likeness (QED) is 0.622. The highest BCUT2D eigenvalue weighted by atomic mass is 16.6. The van der Waals surface area contributed by atoms with Gasteiger partial charge in [0, 0.05) is 24.5 Å². The third kappa shape index (κ3) is 3.66. The Hall–Kier alpha value is -3.41. The molecule has 148 valence electrons. The molecule has 0 aliphatic carbocycles. The molecule has 0 N–H and O–H groups in total. The first-order valence-electron chi connectivity index (χ1n) is 9.58. The van der Waals surface area contributed by atoms with Crippen molar-refractivity contribution in [3.05, 3.63) is 78.4 Å². The van der Waals surface area contributed by atoms with Crippen LogP contribution < -0.4 is 4.90 Å². The molecular formula is C23H23N3O3. The Kier molecular flexibility index (Phi) is 4.70. The molecule has 3 aromatic rings. The Balaban J connectivity index is 1.72. The smallest absolute Gasteiger partial charge is 0.415 e. The highest BCUT2D eigenvalue weighted by Crippen LogP contribution is 2.34. The van der Waals surface area contributed by atoms with Gasteiger partial charge >= 0.3 is 6.09 Å². The number of fused-ring (bicyclic) bond motifs is 1. The van der Waals surface area contributed by atoms with Crippen LogP contribution in [-0.4, -0.2) is 33.1 Å². The predicted molar refractivity (Wildman–Crippen MR) is 111 cm³/mol. The predicted octanol–water partition coefficient (Wildman–Crippen LogP) is 4.42. The van der Waals surface area contributed by atoms with Gasteiger partial charge in [0.25, 0.3) is 0 Å². The lowest BCUT2D eigenvalue weighted by Crippen LogP contribution is -2.46. The number of rotatable bonds is 3. The van der Waals surface area contributed by atoms with Crippen LogP contribution >= 0.6 is 0 Å². The summed E-state index contributed by atoms with van der Waals surface area (Å²) in [5, 5.41) is 0. The zero-order chi connectivity index (χ0) is 20.6. The van der Waals surface area contributed by atoms with Crippen LogP contribution in [0.2, 0.25) is 0 Å². The average Bonchev–Trinajstić information content (AvgIpc) is 3.31. The molecule has 0 fully saturated rings. The van der Waals surface area contributed by atoms with Gasteiger partial charge in [-0.25, -0.2) is 9.78 Å². The summed E-state index contributed by atoms with van der Waals surface area (Å²) in [5.41, 5.74) is 1.82. The summed E-state index contributed by atoms with van der Waals surface area (Å²) in [6.07, 6.45) is 3.25. The first-order valence-corrected chi connectivity index (χ1v) is 9.58. The van der Waals surface area contributed by atoms with E-state index >= 15 is 0 Å². The zero-order valence-corrected chi connectivity index (χ0v) is 16.7. The van der Waals surface area contributed by atoms with Gasteiger partial charge in [-0.3, -0.25) is 14.3 Å². The van der Waals surface area contributed by atoms with Crippen molar-refractivity contribution < 1.29 is 14.3 Å². The molecule has 0 bridgehead atoms. The zero-order valence-electron chi connectivity index (χ0n) is 16.7. The summed E-state index contributed by atoms with van der Waals surface area (Å²) < 4.78 is 7.35. The number of imidazole rings is 1. The minimum Gasteiger partial charge on any atom is -0.443 e. The Labute approximate surface area is 169 Å². The van der Waals surface area contributed by atoms with Gasteiger partial charge in [0.2, 0.25) is 5.78 Å². The topological polar surface area (TPSA) is 64.4 Å². The average molecular weight is 389 g/mol. The molecule has 6 heteroatoms. The Morgan fingerprint density at radius 2 is 1.72 bits per heavy atom. The highest BCUT2D eigenvalue weighted by Gasteiger charge is 2.41. The van der Waals surface area contributed by atoms with Crippen LogP contribution in [0.4, 0.5) is 10.5 Å². The van der Waals surface area contributed by atoms with Crippen LogP contribution in [-0.2, 0) is 11.2 Å². The number of aromatic nitrogens is 2. The van der Waals surface area contributed by atoms with E-state index in [1.807, 2.05) is 75.4 Å². The van der Waals surface area contributed by atoms with Crippen LogP contribution in [0.3, 0.4) is 0 Å². The van der Waals surface area contributed by atoms with Gasteiger partial charge in [-0.2, -0.15) is 0 Å². The molecule has 2 heterocycles. The largest absolute Gasteiger partial charge is 0.443 e. The maximum atomic E-state index is 13.5. The van der Waals surface area contributed by atoms with E-state index in [-0.39, 0.29) is 5.78 Å². The number of carbonyl (C=O) groups excluding carboxylic acids is 2. The molecule has 0 radical (unpaired) electrons. The number of para-hydroxylation sites is 2. The van der Waals surface area contributed by atoms with Gasteiger partial charge in [0.1, 0.15) is 11.6 Å². The molecule has 29 heavy (non-hydrogen) atoms. The lowest BCUT2D eigenvalue weighted by molar-refractivity contribution is 0.0558. The van der Waals surface area contributed by atoms with Crippen LogP contribution in [0.25, 0.3) is 5.69 Å². The maximum Gasteiger partial charge on any atom is 0.415 e. The van der Waals surface area contributed by atoms with Crippen molar-refractivity contribution in [3.8, 4) is 5.69 Å². The lowest BCUT2D eigenvalue weighted by atomic mass is 10.1. The first-order chi connectivity index (χ1) is 13.8. The van der Waals surface area contributed by atoms with Gasteiger partial charge in [-0.1, -0.05) is 36.4 Å². The van der Waals surface area contributed by atoms with Crippen LogP contribution in [0.15, 0.2) is 67.0 Å². The number of amides is 1. The van der Waals surface area contributed by atoms with Crippen LogP contribution in [0, 0.1) is 0 Å². The summed E-state index contributed by atoms with van der Waals surface area (Å²) in [6, 6.07) is 16.4. The van der Waals surface area contributed by atoms with Gasteiger partial charge in [-0.15, -0.1) is 0 Å². The molecule has 0 saturated heterocycles. The van der Waals surface area contributed by atoms with E-state index in [1.165, 1.54) is 4.90 Å². The van der Waals surface area contributed by atoms with E-state index < -0.39 is 17.7 Å². The SMILES string of the molecule is CC(C)(C)OC(=O)N1c2ccccc2C[C@H]1C(=O)c1nccn1-c1ccccc1. The van der Waals surface area contributed by atoms with Gasteiger partial charge in [0.15, 0.2) is 5.82 Å². The van der Waals surface area contributed by atoms with E-state index in [0.29, 0.717) is 17.9 Å². The molecule has 2 aromatic carbocycles. The second-order valence-electron chi connectivity index (χ2n) is 8.02. The van der Waals surface area contributed by atoms with Crippen molar-refractivity contribution in [2.24, 2.45) is 0 Å². The fourth-order valence-corrected chi connectivity index (χ4v) is 3.56. The molecule has 0 spiro atoms. The summed E-state index contributed by atoms with van der Waals surface area (Å²) in [5.74, 6) is 0.0727. The van der Waals surface area contributed by atoms with E-state index in [1.54, 1.807) is 17.0 Å². The molecule has 1 atom stereocenters. The normalized spacial score (nSPS) is 15.8. The van der Waals surface area contributed by atoms with E-state index in [4.69, 9.17) is 4.74 Å². The van der Waals surface area contributed by atoms with E-state index in [9.17, 15) is 9.59 Å². The van der Waals surface area contributed by atoms with Crippen molar-refractivity contribution in [1.29, 1.82) is 0 Å². The standard InChI is InChI=1S/C23H23N3O3/c1-23(2,3)29-22(28)26-18-12-8-7-9-16(18)15-19(26)20(27)21-24-13-14-25(21)17-10-5-4-6-11-17/h4-14,19H,15H2,1-3H3/t19-/m0/s1. The number of nitrogens with zero attached hydrogens (tertiary/aromatic N) is 3. The van der Waals surface area contributed by atoms with Crippen molar-refractivity contribution >= 4 is 17.6 Å². The number of hydrogen-bond donors (Lipinski definition) is 0. The minimum absolute atomic E-state index is 0.221. The minimum atomic E-state index is -0.702. The molecule has 1 aliphatic heterocycles. The second-order valence-corrected chi connectivity index (χ2v) is 8.02. The van der Waals surface area contributed by atoms with Gasteiger partial charge < -0.3 is 4.74 Å². The number of benzene rings is 2. The molecule has 4 rings (SSSR count). The van der Waals surface area contributed by atoms with Crippen LogP contribution in [0.1, 0.15) is 37.0 Å². The number of hydrogen-bond acceptors (Lipinski definition) is 4. The third-order valence-electron chi connectivity index (χ3n) is 4.76. The van der Waals surface area contributed by atoms with Crippen molar-refractivity contribution in [2.45, 2.75) is 38.8 Å². The fraction of sp³-hybridized carbons (Fsp3) is 0.261. The number of carbonyl (C=O) groups is 2. The summed E-state index contributed by atoms with van der Waals surface area (Å²) in [6.45, 7) is 5.43. The number of anilines is 1. The molecule has 0 unspecified atom stereocenters. The van der Waals surface area contributed by atoms with E-state index in [2.05, 4.69) is 4.98 Å². The number of ketones is 1. The number of ether oxygens (including phenoxy) is 1. The molecule has 1 amide bonds. The summed E-state index contributed by atoms with van der Waals surface area (Å²) in [7, 11) is 0. The summed E-state index contributed by atoms with van der Waals surface area (Å²) in [4.78, 5) is 32.3. The molecule has 1 aromatic heterocycles. The van der Waals surface area contributed by atoms with E-state index in [0.717, 1.165) is 11.3 Å². The first kappa shape index (κ1) is 18.9. The lowest BCUT2D eigenvalue weighted by Gasteiger charge is -2.28. The maximum absolute atomic E-state index is 13.5. The Morgan fingerprint density at radius 1 is 1.03 bits per heavy atom. The monoisotopic (exact) mass is 389 g/mol. The van der Waals surface area contributed by atoms with Crippen molar-refractivity contribution in [3.63, 3.8) is 0 Å². The molecule has 6 nitrogen and oxygen atoms in total. The molecule has 1 aliphatic rings. The Bertz CT molecular complexity index is 1050. The van der Waals surface area contributed by atoms with Gasteiger partial charge in [-0.05, 0) is 44.5 Å². The highest BCUT2D eigenvalue weighted by molar-refractivity contribution is 6.07. The van der Waals surface area contributed by atoms with Crippen LogP contribution in [0.5, 0.6) is 0 Å². The fourth-order valence-electron chi connectivity index (χ4n) is 3.56. The summed E-state index contributed by atoms with van der Waals surface area (Å²) >= 11 is 0. The molecule has 0 saturated carbocycles. The van der Waals surface area contributed by atoms with Gasteiger partial charge in [0.05, 0.1) is 5.69 Å². The molecular weight excluding hydrogens is 366 g/mol. The second kappa shape index (κ2) is 7.20.